The Bertz CT molecular complexity index is 1070. The van der Waals surface area contributed by atoms with Gasteiger partial charge in [0.1, 0.15) is 12.0 Å². The van der Waals surface area contributed by atoms with Crippen molar-refractivity contribution in [3.05, 3.63) is 69.4 Å². The van der Waals surface area contributed by atoms with Gasteiger partial charge in [0, 0.05) is 12.1 Å². The number of nitrogens with zero attached hydrogens (tertiary/aromatic N) is 2. The van der Waals surface area contributed by atoms with Gasteiger partial charge in [-0.25, -0.2) is 8.78 Å². The lowest BCUT2D eigenvalue weighted by Gasteiger charge is -2.21. The molecule has 30 heavy (non-hydrogen) atoms. The molecule has 1 unspecified atom stereocenters. The molecule has 160 valence electrons. The fourth-order valence-electron chi connectivity index (χ4n) is 3.17. The first-order valence-electron chi connectivity index (χ1n) is 9.53. The summed E-state index contributed by atoms with van der Waals surface area (Å²) in [6.07, 6.45) is 2.40. The molecule has 0 saturated heterocycles. The molecule has 0 radical (unpaired) electrons. The summed E-state index contributed by atoms with van der Waals surface area (Å²) >= 11 is 0. The molecule has 3 rings (SSSR count). The minimum Gasteiger partial charge on any atom is -0.490 e. The number of hydrogen-bond acceptors (Lipinski definition) is 5. The number of methoxy groups -OCH3 is 1. The second kappa shape index (κ2) is 8.39. The number of alkyl halides is 1. The highest BCUT2D eigenvalue weighted by Crippen LogP contribution is 2.28. The van der Waals surface area contributed by atoms with E-state index in [0.717, 1.165) is 5.56 Å². The number of ether oxygens (including phenoxy) is 1. The van der Waals surface area contributed by atoms with Crippen molar-refractivity contribution in [2.45, 2.75) is 45.5 Å². The fraction of sp³-hybridized carbons (Fsp3) is 0.364. The lowest BCUT2D eigenvalue weighted by molar-refractivity contribution is 0.0786. The van der Waals surface area contributed by atoms with E-state index in [-0.39, 0.29) is 24.7 Å². The molecule has 1 atom stereocenters. The molecule has 1 aromatic carbocycles. The largest absolute Gasteiger partial charge is 0.490 e. The third-order valence-electron chi connectivity index (χ3n) is 4.85. The van der Waals surface area contributed by atoms with Crippen LogP contribution in [0.25, 0.3) is 0 Å². The third kappa shape index (κ3) is 4.94. The van der Waals surface area contributed by atoms with Crippen molar-refractivity contribution in [2.24, 2.45) is 0 Å². The maximum Gasteiger partial charge on any atom is 0.316 e. The Morgan fingerprint density at radius 3 is 2.77 bits per heavy atom. The Morgan fingerprint density at radius 1 is 1.40 bits per heavy atom. The Hall–Kier alpha value is -3.00. The number of hydrogen-bond donors (Lipinski definition) is 2. The standard InChI is InChI=1S/C22H25F2N3O3/c1-13-5-6-15(22(2,3)29)9-18(13)25-21-26-20(28)19(30-4)12-27(21)11-14-7-16(23)10-17(24)8-14/h5-9,12,16,29H,10-11H2,1-4H3,(H,25,26,28). The summed E-state index contributed by atoms with van der Waals surface area (Å²) in [5, 5.41) is 13.4. The van der Waals surface area contributed by atoms with Gasteiger partial charge in [0.25, 0.3) is 0 Å². The summed E-state index contributed by atoms with van der Waals surface area (Å²) in [6.45, 7) is 5.31. The van der Waals surface area contributed by atoms with Crippen molar-refractivity contribution in [1.29, 1.82) is 0 Å². The van der Waals surface area contributed by atoms with Gasteiger partial charge in [0.2, 0.25) is 11.7 Å². The molecule has 6 nitrogen and oxygen atoms in total. The number of nitrogens with one attached hydrogen (secondary N) is 1. The summed E-state index contributed by atoms with van der Waals surface area (Å²) in [5.41, 5.74) is 0.981. The maximum atomic E-state index is 13.8. The Morgan fingerprint density at radius 2 is 2.13 bits per heavy atom. The minimum absolute atomic E-state index is 0.0140. The van der Waals surface area contributed by atoms with Crippen LogP contribution in [-0.2, 0) is 12.1 Å². The van der Waals surface area contributed by atoms with E-state index < -0.39 is 23.2 Å². The molecule has 0 saturated carbocycles. The van der Waals surface area contributed by atoms with E-state index in [0.29, 0.717) is 16.8 Å². The average molecular weight is 417 g/mol. The van der Waals surface area contributed by atoms with Crippen molar-refractivity contribution in [3.8, 4) is 5.75 Å². The first kappa shape index (κ1) is 21.7. The smallest absolute Gasteiger partial charge is 0.316 e. The molecule has 1 heterocycles. The van der Waals surface area contributed by atoms with Crippen molar-refractivity contribution in [3.63, 3.8) is 0 Å². The number of halogens is 2. The van der Waals surface area contributed by atoms with Crippen LogP contribution >= 0.6 is 0 Å². The van der Waals surface area contributed by atoms with Crippen LogP contribution < -0.4 is 15.6 Å². The Balaban J connectivity index is 2.03. The van der Waals surface area contributed by atoms with Gasteiger partial charge in [-0.3, -0.25) is 4.79 Å². The number of allylic oxidation sites excluding steroid dienone is 4. The molecule has 1 aliphatic carbocycles. The van der Waals surface area contributed by atoms with Crippen molar-refractivity contribution >= 4 is 11.6 Å². The highest BCUT2D eigenvalue weighted by atomic mass is 19.1. The van der Waals surface area contributed by atoms with Crippen LogP contribution in [0, 0.1) is 6.92 Å². The number of aliphatic hydroxyl groups is 1. The summed E-state index contributed by atoms with van der Waals surface area (Å²) in [7, 11) is 1.35. The van der Waals surface area contributed by atoms with Gasteiger partial charge in [0.05, 0.1) is 25.5 Å². The SMILES string of the molecule is COc1cn(CC2=CC(F)CC(F)=C2)c(Nc2cc(C(C)(C)O)ccc2C)nc1=O. The van der Waals surface area contributed by atoms with Crippen LogP contribution in [0.3, 0.4) is 0 Å². The topological polar surface area (TPSA) is 76.4 Å². The van der Waals surface area contributed by atoms with E-state index in [4.69, 9.17) is 4.74 Å². The van der Waals surface area contributed by atoms with Gasteiger partial charge >= 0.3 is 5.56 Å². The van der Waals surface area contributed by atoms with E-state index in [1.165, 1.54) is 25.5 Å². The van der Waals surface area contributed by atoms with E-state index in [9.17, 15) is 18.7 Å². The van der Waals surface area contributed by atoms with Gasteiger partial charge in [-0.1, -0.05) is 12.1 Å². The zero-order valence-corrected chi connectivity index (χ0v) is 17.4. The van der Waals surface area contributed by atoms with E-state index in [2.05, 4.69) is 10.3 Å². The lowest BCUT2D eigenvalue weighted by atomic mass is 9.96. The molecule has 0 spiro atoms. The third-order valence-corrected chi connectivity index (χ3v) is 4.85. The van der Waals surface area contributed by atoms with Crippen LogP contribution in [0.5, 0.6) is 5.75 Å². The second-order valence-corrected chi connectivity index (χ2v) is 7.83. The second-order valence-electron chi connectivity index (χ2n) is 7.83. The fourth-order valence-corrected chi connectivity index (χ4v) is 3.17. The summed E-state index contributed by atoms with van der Waals surface area (Å²) in [5.74, 6) is -0.336. The molecule has 0 bridgehead atoms. The number of rotatable bonds is 6. The van der Waals surface area contributed by atoms with Gasteiger partial charge < -0.3 is 19.7 Å². The number of aromatic nitrogens is 2. The van der Waals surface area contributed by atoms with Crippen molar-refractivity contribution in [1.82, 2.24) is 9.55 Å². The summed E-state index contributed by atoms with van der Waals surface area (Å²) in [4.78, 5) is 16.3. The predicted octanol–water partition coefficient (Wildman–Crippen LogP) is 4.05. The monoisotopic (exact) mass is 417 g/mol. The van der Waals surface area contributed by atoms with Gasteiger partial charge in [-0.05, 0) is 55.7 Å². The molecule has 1 aliphatic rings. The van der Waals surface area contributed by atoms with Crippen LogP contribution in [-0.4, -0.2) is 27.9 Å². The number of benzene rings is 1. The van der Waals surface area contributed by atoms with Gasteiger partial charge in [0.15, 0.2) is 0 Å². The van der Waals surface area contributed by atoms with Crippen LogP contribution in [0.2, 0.25) is 0 Å². The molecular weight excluding hydrogens is 392 g/mol. The summed E-state index contributed by atoms with van der Waals surface area (Å²) in [6, 6.07) is 5.43. The quantitative estimate of drug-likeness (QED) is 0.742. The minimum atomic E-state index is -1.40. The van der Waals surface area contributed by atoms with Gasteiger partial charge in [-0.2, -0.15) is 4.98 Å². The maximum absolute atomic E-state index is 13.8. The predicted molar refractivity (Wildman–Crippen MR) is 112 cm³/mol. The molecule has 1 aromatic heterocycles. The number of aryl methyl sites for hydroxylation is 1. The Labute approximate surface area is 173 Å². The zero-order valence-electron chi connectivity index (χ0n) is 17.4. The highest BCUT2D eigenvalue weighted by Gasteiger charge is 2.19. The molecule has 2 aromatic rings. The van der Waals surface area contributed by atoms with E-state index in [1.807, 2.05) is 19.1 Å². The highest BCUT2D eigenvalue weighted by molar-refractivity contribution is 5.60. The normalized spacial score (nSPS) is 16.7. The van der Waals surface area contributed by atoms with Crippen LogP contribution in [0.15, 0.2) is 52.7 Å². The van der Waals surface area contributed by atoms with Crippen LogP contribution in [0.4, 0.5) is 20.4 Å². The Kier molecular flexibility index (Phi) is 6.07. The first-order valence-corrected chi connectivity index (χ1v) is 9.53. The lowest BCUT2D eigenvalue weighted by Crippen LogP contribution is -2.20. The first-order chi connectivity index (χ1) is 14.1. The average Bonchev–Trinajstić information content (AvgIpc) is 2.63. The van der Waals surface area contributed by atoms with E-state index in [1.54, 1.807) is 24.5 Å². The zero-order chi connectivity index (χ0) is 22.1. The van der Waals surface area contributed by atoms with Crippen molar-refractivity contribution < 1.29 is 18.6 Å². The molecule has 0 fully saturated rings. The molecular formula is C22H25F2N3O3. The van der Waals surface area contributed by atoms with E-state index >= 15 is 0 Å². The van der Waals surface area contributed by atoms with Crippen LogP contribution in [0.1, 0.15) is 31.4 Å². The molecule has 8 heteroatoms. The number of anilines is 2. The van der Waals surface area contributed by atoms with Gasteiger partial charge in [-0.15, -0.1) is 0 Å². The van der Waals surface area contributed by atoms with Crippen molar-refractivity contribution in [2.75, 3.05) is 12.4 Å². The summed E-state index contributed by atoms with van der Waals surface area (Å²) < 4.78 is 34.1. The molecule has 0 amide bonds. The molecule has 0 aliphatic heterocycles. The molecule has 2 N–H and O–H groups in total.